The van der Waals surface area contributed by atoms with Crippen molar-refractivity contribution >= 4 is 16.0 Å². The van der Waals surface area contributed by atoms with Gasteiger partial charge in [-0.25, -0.2) is 23.2 Å². The maximum Gasteiger partial charge on any atom is 0.354 e. The number of aromatic nitrogens is 4. The Balaban J connectivity index is 1.98. The summed E-state index contributed by atoms with van der Waals surface area (Å²) >= 11 is 0. The summed E-state index contributed by atoms with van der Waals surface area (Å²) in [6, 6.07) is 1.26. The van der Waals surface area contributed by atoms with E-state index in [4.69, 9.17) is 5.11 Å². The summed E-state index contributed by atoms with van der Waals surface area (Å²) in [6.45, 7) is 0. The lowest BCUT2D eigenvalue weighted by Crippen LogP contribution is -2.17. The molecule has 1 saturated carbocycles. The fraction of sp³-hybridized carbons (Fsp3) is 0.273. The molecule has 104 valence electrons. The molecule has 0 aromatic carbocycles. The van der Waals surface area contributed by atoms with Crippen LogP contribution in [0.1, 0.15) is 23.3 Å². The maximum atomic E-state index is 12.0. The van der Waals surface area contributed by atoms with Crippen molar-refractivity contribution in [2.24, 2.45) is 0 Å². The van der Waals surface area contributed by atoms with Crippen molar-refractivity contribution < 1.29 is 18.3 Å². The van der Waals surface area contributed by atoms with Gasteiger partial charge in [0.1, 0.15) is 0 Å². The predicted molar refractivity (Wildman–Crippen MR) is 67.6 cm³/mol. The van der Waals surface area contributed by atoms with Gasteiger partial charge in [-0.1, -0.05) is 0 Å². The summed E-state index contributed by atoms with van der Waals surface area (Å²) in [5.41, 5.74) is 0.199. The van der Waals surface area contributed by atoms with E-state index in [-0.39, 0.29) is 16.8 Å². The highest BCUT2D eigenvalue weighted by molar-refractivity contribution is 7.90. The Hall–Kier alpha value is -2.29. The van der Waals surface area contributed by atoms with E-state index < -0.39 is 16.0 Å². The largest absolute Gasteiger partial charge is 0.477 e. The molecule has 0 radical (unpaired) electrons. The van der Waals surface area contributed by atoms with Gasteiger partial charge < -0.3 is 5.11 Å². The van der Waals surface area contributed by atoms with Crippen LogP contribution in [-0.2, 0) is 10.0 Å². The Morgan fingerprint density at radius 3 is 2.80 bits per heavy atom. The second-order valence-electron chi connectivity index (χ2n) is 4.42. The van der Waals surface area contributed by atoms with Crippen LogP contribution in [0.15, 0.2) is 24.7 Å². The van der Waals surface area contributed by atoms with Gasteiger partial charge in [-0.3, -0.25) is 0 Å². The summed E-state index contributed by atoms with van der Waals surface area (Å²) in [6.07, 6.45) is 5.19. The van der Waals surface area contributed by atoms with E-state index in [1.807, 2.05) is 0 Å². The first kappa shape index (κ1) is 12.7. The molecule has 0 atom stereocenters. The molecular weight excluding hydrogens is 284 g/mol. The third kappa shape index (κ3) is 2.16. The predicted octanol–water partition coefficient (Wildman–Crippen LogP) is 0.379. The summed E-state index contributed by atoms with van der Waals surface area (Å²) < 4.78 is 24.9. The zero-order valence-electron chi connectivity index (χ0n) is 10.2. The summed E-state index contributed by atoms with van der Waals surface area (Å²) in [5.74, 6) is -1.05. The first-order valence-electron chi connectivity index (χ1n) is 5.84. The summed E-state index contributed by atoms with van der Waals surface area (Å²) in [7, 11) is -3.45. The number of carbonyl (C=O) groups is 1. The topological polar surface area (TPSA) is 115 Å². The number of carboxylic acids is 1. The van der Waals surface area contributed by atoms with Crippen LogP contribution < -0.4 is 0 Å². The molecule has 0 amide bonds. The lowest BCUT2D eigenvalue weighted by Gasteiger charge is -2.00. The molecule has 2 heterocycles. The standard InChI is InChI=1S/C11H10N4O4S/c16-11(17)9-3-4-12-10(14-9)7-5-13-15(6-7)20(18,19)8-1-2-8/h3-6,8H,1-2H2,(H,16,17). The van der Waals surface area contributed by atoms with Gasteiger partial charge in [0.25, 0.3) is 10.0 Å². The zero-order chi connectivity index (χ0) is 14.3. The first-order valence-corrected chi connectivity index (χ1v) is 7.34. The quantitative estimate of drug-likeness (QED) is 0.866. The van der Waals surface area contributed by atoms with E-state index in [9.17, 15) is 13.2 Å². The molecule has 8 nitrogen and oxygen atoms in total. The third-order valence-electron chi connectivity index (χ3n) is 2.90. The van der Waals surface area contributed by atoms with Gasteiger partial charge in [0.05, 0.1) is 23.2 Å². The van der Waals surface area contributed by atoms with Crippen LogP contribution in [0, 0.1) is 0 Å². The molecule has 2 aromatic rings. The first-order chi connectivity index (χ1) is 9.48. The van der Waals surface area contributed by atoms with Crippen molar-refractivity contribution in [3.05, 3.63) is 30.4 Å². The molecule has 0 saturated heterocycles. The lowest BCUT2D eigenvalue weighted by atomic mass is 10.3. The fourth-order valence-corrected chi connectivity index (χ4v) is 3.17. The normalized spacial score (nSPS) is 15.2. The van der Waals surface area contributed by atoms with Crippen LogP contribution in [0.25, 0.3) is 11.4 Å². The van der Waals surface area contributed by atoms with E-state index in [1.165, 1.54) is 24.7 Å². The second-order valence-corrected chi connectivity index (χ2v) is 6.49. The van der Waals surface area contributed by atoms with E-state index in [1.54, 1.807) is 0 Å². The molecule has 9 heteroatoms. The maximum absolute atomic E-state index is 12.0. The highest BCUT2D eigenvalue weighted by atomic mass is 32.2. The van der Waals surface area contributed by atoms with Gasteiger partial charge in [-0.15, -0.1) is 0 Å². The SMILES string of the molecule is O=C(O)c1ccnc(-c2cnn(S(=O)(=O)C3CC3)c2)n1. The summed E-state index contributed by atoms with van der Waals surface area (Å²) in [5, 5.41) is 12.3. The lowest BCUT2D eigenvalue weighted by molar-refractivity contribution is 0.0690. The summed E-state index contributed by atoms with van der Waals surface area (Å²) in [4.78, 5) is 18.6. The molecule has 20 heavy (non-hydrogen) atoms. The number of rotatable bonds is 4. The number of nitrogens with zero attached hydrogens (tertiary/aromatic N) is 4. The highest BCUT2D eigenvalue weighted by Gasteiger charge is 2.37. The molecule has 1 aliphatic rings. The van der Waals surface area contributed by atoms with Crippen LogP contribution >= 0.6 is 0 Å². The number of carboxylic acid groups (broad SMARTS) is 1. The molecule has 0 bridgehead atoms. The minimum absolute atomic E-state index is 0.127. The Kier molecular flexibility index (Phi) is 2.78. The van der Waals surface area contributed by atoms with E-state index in [2.05, 4.69) is 15.1 Å². The van der Waals surface area contributed by atoms with Crippen LogP contribution in [0.4, 0.5) is 0 Å². The van der Waals surface area contributed by atoms with Crippen molar-refractivity contribution in [3.63, 3.8) is 0 Å². The Labute approximate surface area is 114 Å². The monoisotopic (exact) mass is 294 g/mol. The van der Waals surface area contributed by atoms with Crippen molar-refractivity contribution in [2.45, 2.75) is 18.1 Å². The number of hydrogen-bond donors (Lipinski definition) is 1. The van der Waals surface area contributed by atoms with Crippen LogP contribution in [0.2, 0.25) is 0 Å². The zero-order valence-corrected chi connectivity index (χ0v) is 11.0. The van der Waals surface area contributed by atoms with Crippen molar-refractivity contribution in [1.82, 2.24) is 19.2 Å². The van der Waals surface area contributed by atoms with Crippen LogP contribution in [0.3, 0.4) is 0 Å². The Morgan fingerprint density at radius 2 is 2.15 bits per heavy atom. The average molecular weight is 294 g/mol. The van der Waals surface area contributed by atoms with E-state index >= 15 is 0 Å². The van der Waals surface area contributed by atoms with Gasteiger partial charge in [-0.05, 0) is 18.9 Å². The molecule has 0 aliphatic heterocycles. The molecule has 2 aromatic heterocycles. The molecule has 0 unspecified atom stereocenters. The van der Waals surface area contributed by atoms with Gasteiger partial charge in [0, 0.05) is 6.20 Å². The minimum Gasteiger partial charge on any atom is -0.477 e. The third-order valence-corrected chi connectivity index (χ3v) is 4.93. The van der Waals surface area contributed by atoms with Crippen molar-refractivity contribution in [1.29, 1.82) is 0 Å². The fourth-order valence-electron chi connectivity index (χ4n) is 1.69. The van der Waals surface area contributed by atoms with Gasteiger partial charge in [0.15, 0.2) is 11.5 Å². The van der Waals surface area contributed by atoms with Crippen LogP contribution in [-0.4, -0.2) is 43.9 Å². The molecule has 0 spiro atoms. The van der Waals surface area contributed by atoms with Gasteiger partial charge in [-0.2, -0.15) is 9.19 Å². The minimum atomic E-state index is -3.45. The van der Waals surface area contributed by atoms with Crippen LogP contribution in [0.5, 0.6) is 0 Å². The number of hydrogen-bond acceptors (Lipinski definition) is 6. The number of aromatic carboxylic acids is 1. The smallest absolute Gasteiger partial charge is 0.354 e. The molecule has 1 N–H and O–H groups in total. The average Bonchev–Trinajstić information content (AvgIpc) is 3.17. The van der Waals surface area contributed by atoms with Gasteiger partial charge in [0.2, 0.25) is 0 Å². The Morgan fingerprint density at radius 1 is 1.40 bits per heavy atom. The second kappa shape index (κ2) is 4.37. The molecular formula is C11H10N4O4S. The van der Waals surface area contributed by atoms with Gasteiger partial charge >= 0.3 is 5.97 Å². The highest BCUT2D eigenvalue weighted by Crippen LogP contribution is 2.30. The molecule has 3 rings (SSSR count). The van der Waals surface area contributed by atoms with Crippen molar-refractivity contribution in [3.8, 4) is 11.4 Å². The Bertz CT molecular complexity index is 779. The van der Waals surface area contributed by atoms with Crippen molar-refractivity contribution in [2.75, 3.05) is 0 Å². The van der Waals surface area contributed by atoms with E-state index in [0.29, 0.717) is 18.4 Å². The molecule has 1 aliphatic carbocycles. The molecule has 1 fully saturated rings. The van der Waals surface area contributed by atoms with E-state index in [0.717, 1.165) is 4.09 Å².